The fourth-order valence-corrected chi connectivity index (χ4v) is 2.97. The highest BCUT2D eigenvalue weighted by Gasteiger charge is 2.19. The molecular weight excluding hydrogens is 276 g/mol. The summed E-state index contributed by atoms with van der Waals surface area (Å²) in [6.45, 7) is 3.10. The highest BCUT2D eigenvalue weighted by atomic mass is 79.9. The highest BCUT2D eigenvalue weighted by Crippen LogP contribution is 2.35. The highest BCUT2D eigenvalue weighted by molar-refractivity contribution is 9.10. The molecule has 1 N–H and O–H groups in total. The van der Waals surface area contributed by atoms with E-state index in [1.807, 2.05) is 0 Å². The van der Waals surface area contributed by atoms with Crippen molar-refractivity contribution in [3.63, 3.8) is 0 Å². The lowest BCUT2D eigenvalue weighted by molar-refractivity contribution is 0.901. The quantitative estimate of drug-likeness (QED) is 0.907. The van der Waals surface area contributed by atoms with Gasteiger partial charge in [-0.1, -0.05) is 15.9 Å². The van der Waals surface area contributed by atoms with Crippen LogP contribution in [0.1, 0.15) is 24.6 Å². The summed E-state index contributed by atoms with van der Waals surface area (Å²) in [7, 11) is 0. The lowest BCUT2D eigenvalue weighted by atomic mass is 10.1. The summed E-state index contributed by atoms with van der Waals surface area (Å²) in [6, 6.07) is 6.32. The van der Waals surface area contributed by atoms with Gasteiger partial charge in [0.2, 0.25) is 0 Å². The molecule has 0 bridgehead atoms. The van der Waals surface area contributed by atoms with Gasteiger partial charge >= 0.3 is 0 Å². The number of halogens is 1. The minimum absolute atomic E-state index is 0.956. The van der Waals surface area contributed by atoms with Crippen LogP contribution in [0, 0.1) is 0 Å². The van der Waals surface area contributed by atoms with Crippen LogP contribution >= 0.6 is 15.9 Å². The molecule has 1 aromatic heterocycles. The molecule has 0 spiro atoms. The third kappa shape index (κ3) is 1.82. The number of pyridine rings is 1. The fourth-order valence-electron chi connectivity index (χ4n) is 2.61. The second kappa shape index (κ2) is 4.30. The monoisotopic (exact) mass is 290 g/mol. The number of anilines is 1. The average Bonchev–Trinajstić information content (AvgIpc) is 2.77. The first-order valence-electron chi connectivity index (χ1n) is 6.14. The maximum atomic E-state index is 4.78. The van der Waals surface area contributed by atoms with Gasteiger partial charge < -0.3 is 5.32 Å². The Morgan fingerprint density at radius 2 is 2.24 bits per heavy atom. The topological polar surface area (TPSA) is 24.9 Å². The fraction of sp³-hybridized carbons (Fsp3) is 0.357. The Balaban J connectivity index is 2.32. The third-order valence-electron chi connectivity index (χ3n) is 3.33. The zero-order valence-corrected chi connectivity index (χ0v) is 11.5. The van der Waals surface area contributed by atoms with Crippen LogP contribution in [-0.2, 0) is 12.8 Å². The summed E-state index contributed by atoms with van der Waals surface area (Å²) in [6.07, 6.45) is 3.52. The Labute approximate surface area is 110 Å². The number of hydrogen-bond donors (Lipinski definition) is 1. The van der Waals surface area contributed by atoms with Crippen LogP contribution in [0.3, 0.4) is 0 Å². The minimum Gasteiger partial charge on any atom is -0.384 e. The largest absolute Gasteiger partial charge is 0.384 e. The van der Waals surface area contributed by atoms with E-state index in [-0.39, 0.29) is 0 Å². The van der Waals surface area contributed by atoms with E-state index in [9.17, 15) is 0 Å². The zero-order chi connectivity index (χ0) is 11.8. The van der Waals surface area contributed by atoms with E-state index in [2.05, 4.69) is 46.4 Å². The second-order valence-electron chi connectivity index (χ2n) is 4.46. The third-order valence-corrected chi connectivity index (χ3v) is 3.82. The van der Waals surface area contributed by atoms with Crippen molar-refractivity contribution in [3.8, 4) is 0 Å². The Kier molecular flexibility index (Phi) is 2.79. The lowest BCUT2D eigenvalue weighted by Gasteiger charge is -2.13. The van der Waals surface area contributed by atoms with E-state index in [0.717, 1.165) is 29.4 Å². The number of benzene rings is 1. The van der Waals surface area contributed by atoms with Gasteiger partial charge in [0, 0.05) is 27.8 Å². The molecule has 17 heavy (non-hydrogen) atoms. The van der Waals surface area contributed by atoms with E-state index < -0.39 is 0 Å². The summed E-state index contributed by atoms with van der Waals surface area (Å²) >= 11 is 3.54. The van der Waals surface area contributed by atoms with Crippen molar-refractivity contribution >= 4 is 32.5 Å². The number of aromatic nitrogens is 1. The SMILES string of the molecule is CCNc1c2c(nc3ccc(Br)cc13)CCC2. The summed E-state index contributed by atoms with van der Waals surface area (Å²) in [4.78, 5) is 4.78. The van der Waals surface area contributed by atoms with E-state index in [0.29, 0.717) is 0 Å². The molecule has 0 amide bonds. The molecular formula is C14H15BrN2. The maximum absolute atomic E-state index is 4.78. The molecule has 0 saturated heterocycles. The molecule has 0 radical (unpaired) electrons. The standard InChI is InChI=1S/C14H15BrN2/c1-2-16-14-10-4-3-5-12(10)17-13-7-6-9(15)8-11(13)14/h6-8H,2-5H2,1H3,(H,16,17). The first-order valence-corrected chi connectivity index (χ1v) is 6.93. The van der Waals surface area contributed by atoms with Gasteiger partial charge in [0.05, 0.1) is 5.52 Å². The van der Waals surface area contributed by atoms with Crippen LogP contribution in [0.25, 0.3) is 10.9 Å². The van der Waals surface area contributed by atoms with Crippen molar-refractivity contribution in [2.24, 2.45) is 0 Å². The van der Waals surface area contributed by atoms with E-state index >= 15 is 0 Å². The summed E-state index contributed by atoms with van der Waals surface area (Å²) in [5, 5.41) is 4.76. The van der Waals surface area contributed by atoms with E-state index in [1.165, 1.54) is 28.8 Å². The van der Waals surface area contributed by atoms with Gasteiger partial charge in [0.15, 0.2) is 0 Å². The lowest BCUT2D eigenvalue weighted by Crippen LogP contribution is -2.03. The van der Waals surface area contributed by atoms with Crippen LogP contribution in [-0.4, -0.2) is 11.5 Å². The number of aryl methyl sites for hydroxylation is 1. The first-order chi connectivity index (χ1) is 8.29. The molecule has 3 rings (SSSR count). The molecule has 0 unspecified atom stereocenters. The number of nitrogens with one attached hydrogen (secondary N) is 1. The number of nitrogens with zero attached hydrogens (tertiary/aromatic N) is 1. The molecule has 1 heterocycles. The van der Waals surface area contributed by atoms with Gasteiger partial charge in [0.1, 0.15) is 0 Å². The molecule has 1 aliphatic rings. The number of fused-ring (bicyclic) bond motifs is 2. The Morgan fingerprint density at radius 1 is 1.35 bits per heavy atom. The van der Waals surface area contributed by atoms with Crippen LogP contribution < -0.4 is 5.32 Å². The summed E-state index contributed by atoms with van der Waals surface area (Å²) in [5.41, 5.74) is 5.12. The van der Waals surface area contributed by atoms with Gasteiger partial charge in [-0.3, -0.25) is 4.98 Å². The van der Waals surface area contributed by atoms with Crippen molar-refractivity contribution in [1.29, 1.82) is 0 Å². The first kappa shape index (κ1) is 11.0. The van der Waals surface area contributed by atoms with Crippen molar-refractivity contribution in [3.05, 3.63) is 33.9 Å². The molecule has 3 heteroatoms. The molecule has 2 aromatic rings. The Morgan fingerprint density at radius 3 is 3.06 bits per heavy atom. The molecule has 1 aromatic carbocycles. The normalized spacial score (nSPS) is 14.0. The molecule has 0 fully saturated rings. The van der Waals surface area contributed by atoms with Gasteiger partial charge in [0.25, 0.3) is 0 Å². The van der Waals surface area contributed by atoms with Gasteiger partial charge in [-0.15, -0.1) is 0 Å². The average molecular weight is 291 g/mol. The summed E-state index contributed by atoms with van der Waals surface area (Å²) in [5.74, 6) is 0. The molecule has 0 aliphatic heterocycles. The summed E-state index contributed by atoms with van der Waals surface area (Å²) < 4.78 is 1.11. The molecule has 2 nitrogen and oxygen atoms in total. The molecule has 88 valence electrons. The van der Waals surface area contributed by atoms with Crippen LogP contribution in [0.4, 0.5) is 5.69 Å². The van der Waals surface area contributed by atoms with Gasteiger partial charge in [-0.25, -0.2) is 0 Å². The van der Waals surface area contributed by atoms with Gasteiger partial charge in [-0.05, 0) is 49.9 Å². The Hall–Kier alpha value is -1.09. The molecule has 0 saturated carbocycles. The van der Waals surface area contributed by atoms with Crippen LogP contribution in [0.5, 0.6) is 0 Å². The molecule has 0 atom stereocenters. The van der Waals surface area contributed by atoms with Crippen LogP contribution in [0.2, 0.25) is 0 Å². The van der Waals surface area contributed by atoms with E-state index in [1.54, 1.807) is 0 Å². The predicted molar refractivity (Wildman–Crippen MR) is 75.6 cm³/mol. The number of rotatable bonds is 2. The zero-order valence-electron chi connectivity index (χ0n) is 9.89. The Bertz CT molecular complexity index is 578. The van der Waals surface area contributed by atoms with Crippen molar-refractivity contribution < 1.29 is 0 Å². The van der Waals surface area contributed by atoms with Crippen molar-refractivity contribution in [1.82, 2.24) is 4.98 Å². The molecule has 1 aliphatic carbocycles. The van der Waals surface area contributed by atoms with Crippen molar-refractivity contribution in [2.45, 2.75) is 26.2 Å². The smallest absolute Gasteiger partial charge is 0.0727 e. The van der Waals surface area contributed by atoms with E-state index in [4.69, 9.17) is 4.98 Å². The minimum atomic E-state index is 0.956. The maximum Gasteiger partial charge on any atom is 0.0727 e. The van der Waals surface area contributed by atoms with Gasteiger partial charge in [-0.2, -0.15) is 0 Å². The second-order valence-corrected chi connectivity index (χ2v) is 5.37. The van der Waals surface area contributed by atoms with Crippen molar-refractivity contribution in [2.75, 3.05) is 11.9 Å². The predicted octanol–water partition coefficient (Wildman–Crippen LogP) is 3.92. The van der Waals surface area contributed by atoms with Crippen LogP contribution in [0.15, 0.2) is 22.7 Å². The number of hydrogen-bond acceptors (Lipinski definition) is 2.